The Hall–Kier alpha value is -1.96. The van der Waals surface area contributed by atoms with Gasteiger partial charge in [0.1, 0.15) is 12.4 Å². The van der Waals surface area contributed by atoms with Gasteiger partial charge in [0.05, 0.1) is 11.5 Å². The summed E-state index contributed by atoms with van der Waals surface area (Å²) < 4.78 is 10.8. The minimum atomic E-state index is 0.512. The van der Waals surface area contributed by atoms with Crippen molar-refractivity contribution in [2.75, 3.05) is 20.2 Å². The number of thiophene rings is 1. The number of hydrogen-bond acceptors (Lipinski definition) is 5. The monoisotopic (exact) mass is 400 g/mol. The average molecular weight is 401 g/mol. The molecule has 0 aliphatic heterocycles. The predicted octanol–water partition coefficient (Wildman–Crippen LogP) is 4.75. The maximum Gasteiger partial charge on any atom is 0.199 e. The third-order valence-corrected chi connectivity index (χ3v) is 5.90. The van der Waals surface area contributed by atoms with E-state index in [-0.39, 0.29) is 0 Å². The van der Waals surface area contributed by atoms with Gasteiger partial charge in [-0.25, -0.2) is 4.68 Å². The van der Waals surface area contributed by atoms with Crippen molar-refractivity contribution < 1.29 is 4.74 Å². The summed E-state index contributed by atoms with van der Waals surface area (Å²) in [4.78, 5) is 3.37. The summed E-state index contributed by atoms with van der Waals surface area (Å²) in [6, 6.07) is 12.8. The van der Waals surface area contributed by atoms with Crippen molar-refractivity contribution in [2.45, 2.75) is 32.5 Å². The Morgan fingerprint density at radius 3 is 2.85 bits per heavy atom. The second-order valence-electron chi connectivity index (χ2n) is 7.07. The molecule has 5 nitrogen and oxygen atoms in total. The summed E-state index contributed by atoms with van der Waals surface area (Å²) in [5.74, 6) is 1.92. The van der Waals surface area contributed by atoms with Crippen molar-refractivity contribution in [1.29, 1.82) is 0 Å². The fraction of sp³-hybridized carbons (Fsp3) is 0.400. The van der Waals surface area contributed by atoms with Gasteiger partial charge in [0.25, 0.3) is 0 Å². The number of aromatic nitrogens is 3. The number of ether oxygens (including phenoxy) is 1. The first-order valence-corrected chi connectivity index (χ1v) is 10.5. The van der Waals surface area contributed by atoms with E-state index in [2.05, 4.69) is 53.1 Å². The molecule has 2 aromatic heterocycles. The van der Waals surface area contributed by atoms with E-state index < -0.39 is 0 Å². The van der Waals surface area contributed by atoms with E-state index in [4.69, 9.17) is 22.1 Å². The van der Waals surface area contributed by atoms with E-state index in [1.54, 1.807) is 11.3 Å². The van der Waals surface area contributed by atoms with E-state index in [9.17, 15) is 0 Å². The normalized spacial score (nSPS) is 14.0. The fourth-order valence-corrected chi connectivity index (χ4v) is 4.11. The standard InChI is InChI=1S/C20H24N4OS2/c1-15-5-3-6-17(13-15)25-11-10-22(2)14-23-20(26)24(16-8-9-16)19(21-23)18-7-4-12-27-18/h3-7,12-13,16H,8-11,14H2,1-2H3. The highest BCUT2D eigenvalue weighted by Crippen LogP contribution is 2.39. The first-order chi connectivity index (χ1) is 13.1. The summed E-state index contributed by atoms with van der Waals surface area (Å²) in [7, 11) is 2.07. The third kappa shape index (κ3) is 4.31. The van der Waals surface area contributed by atoms with E-state index in [0.717, 1.165) is 22.9 Å². The number of aryl methyl sites for hydroxylation is 1. The molecular weight excluding hydrogens is 376 g/mol. The number of nitrogens with zero attached hydrogens (tertiary/aromatic N) is 4. The van der Waals surface area contributed by atoms with Crippen LogP contribution in [0.5, 0.6) is 5.75 Å². The van der Waals surface area contributed by atoms with Crippen LogP contribution in [0, 0.1) is 11.7 Å². The van der Waals surface area contributed by atoms with Crippen molar-refractivity contribution in [1.82, 2.24) is 19.2 Å². The molecule has 2 heterocycles. The van der Waals surface area contributed by atoms with Gasteiger partial charge in [-0.1, -0.05) is 18.2 Å². The van der Waals surface area contributed by atoms with Crippen LogP contribution >= 0.6 is 23.6 Å². The molecule has 0 radical (unpaired) electrons. The molecule has 1 fully saturated rings. The van der Waals surface area contributed by atoms with Crippen molar-refractivity contribution in [2.24, 2.45) is 0 Å². The molecule has 0 bridgehead atoms. The van der Waals surface area contributed by atoms with Crippen molar-refractivity contribution in [3.63, 3.8) is 0 Å². The van der Waals surface area contributed by atoms with Gasteiger partial charge in [-0.3, -0.25) is 9.47 Å². The Balaban J connectivity index is 1.41. The molecule has 142 valence electrons. The predicted molar refractivity (Wildman–Crippen MR) is 112 cm³/mol. The number of likely N-dealkylation sites (N-methyl/N-ethyl adjacent to an activating group) is 1. The van der Waals surface area contributed by atoms with Crippen molar-refractivity contribution >= 4 is 23.6 Å². The molecule has 0 saturated heterocycles. The van der Waals surface area contributed by atoms with Crippen LogP contribution in [-0.4, -0.2) is 39.4 Å². The second kappa shape index (κ2) is 7.96. The van der Waals surface area contributed by atoms with Crippen molar-refractivity contribution in [3.05, 3.63) is 52.1 Å². The zero-order valence-electron chi connectivity index (χ0n) is 15.7. The molecule has 1 aliphatic carbocycles. The molecule has 0 spiro atoms. The fourth-order valence-electron chi connectivity index (χ4n) is 3.07. The van der Waals surface area contributed by atoms with Gasteiger partial charge >= 0.3 is 0 Å². The highest BCUT2D eigenvalue weighted by Gasteiger charge is 2.29. The van der Waals surface area contributed by atoms with Gasteiger partial charge in [0.2, 0.25) is 0 Å². The van der Waals surface area contributed by atoms with Gasteiger partial charge in [0.15, 0.2) is 10.6 Å². The smallest absolute Gasteiger partial charge is 0.199 e. The van der Waals surface area contributed by atoms with Crippen LogP contribution in [-0.2, 0) is 6.67 Å². The highest BCUT2D eigenvalue weighted by molar-refractivity contribution is 7.71. The minimum absolute atomic E-state index is 0.512. The Morgan fingerprint density at radius 1 is 1.30 bits per heavy atom. The Kier molecular flexibility index (Phi) is 5.43. The summed E-state index contributed by atoms with van der Waals surface area (Å²) in [6.07, 6.45) is 2.39. The van der Waals surface area contributed by atoms with Crippen LogP contribution in [0.2, 0.25) is 0 Å². The molecule has 1 saturated carbocycles. The maximum atomic E-state index is 5.86. The molecule has 0 unspecified atom stereocenters. The van der Waals surface area contributed by atoms with Gasteiger partial charge in [-0.2, -0.15) is 0 Å². The van der Waals surface area contributed by atoms with Gasteiger partial charge < -0.3 is 4.74 Å². The third-order valence-electron chi connectivity index (χ3n) is 4.63. The number of rotatable bonds is 8. The lowest BCUT2D eigenvalue weighted by molar-refractivity contribution is 0.197. The summed E-state index contributed by atoms with van der Waals surface area (Å²) in [5, 5.41) is 6.92. The van der Waals surface area contributed by atoms with Gasteiger partial charge in [-0.15, -0.1) is 16.4 Å². The zero-order chi connectivity index (χ0) is 18.8. The molecule has 4 rings (SSSR count). The Bertz CT molecular complexity index is 957. The molecule has 1 aliphatic rings. The quantitative estimate of drug-likeness (QED) is 0.511. The average Bonchev–Trinajstić information content (AvgIpc) is 3.22. The van der Waals surface area contributed by atoms with E-state index in [0.29, 0.717) is 19.3 Å². The first kappa shape index (κ1) is 18.4. The summed E-state index contributed by atoms with van der Waals surface area (Å²) in [5.41, 5.74) is 1.21. The molecule has 1 aromatic carbocycles. The van der Waals surface area contributed by atoms with Crippen LogP contribution in [0.1, 0.15) is 24.4 Å². The van der Waals surface area contributed by atoms with Crippen LogP contribution in [0.15, 0.2) is 41.8 Å². The van der Waals surface area contributed by atoms with E-state index in [1.165, 1.54) is 23.3 Å². The molecule has 0 N–H and O–H groups in total. The van der Waals surface area contributed by atoms with Gasteiger partial charge in [0, 0.05) is 12.6 Å². The molecule has 27 heavy (non-hydrogen) atoms. The lowest BCUT2D eigenvalue weighted by Gasteiger charge is -2.16. The van der Waals surface area contributed by atoms with E-state index >= 15 is 0 Å². The molecular formula is C20H24N4OS2. The SMILES string of the molecule is Cc1cccc(OCCN(C)Cn2nc(-c3cccs3)n(C3CC3)c2=S)c1. The van der Waals surface area contributed by atoms with Crippen molar-refractivity contribution in [3.8, 4) is 16.5 Å². The maximum absolute atomic E-state index is 5.86. The van der Waals surface area contributed by atoms with Crippen LogP contribution in [0.25, 0.3) is 10.7 Å². The zero-order valence-corrected chi connectivity index (χ0v) is 17.3. The van der Waals surface area contributed by atoms with E-state index in [1.807, 2.05) is 16.8 Å². The molecule has 0 atom stereocenters. The number of benzene rings is 1. The molecule has 7 heteroatoms. The highest BCUT2D eigenvalue weighted by atomic mass is 32.1. The summed E-state index contributed by atoms with van der Waals surface area (Å²) in [6.45, 7) is 4.17. The molecule has 0 amide bonds. The first-order valence-electron chi connectivity index (χ1n) is 9.23. The topological polar surface area (TPSA) is 35.2 Å². The lowest BCUT2D eigenvalue weighted by Crippen LogP contribution is -2.27. The Labute approximate surface area is 168 Å². The van der Waals surface area contributed by atoms with Crippen LogP contribution in [0.3, 0.4) is 0 Å². The Morgan fingerprint density at radius 2 is 2.15 bits per heavy atom. The largest absolute Gasteiger partial charge is 0.492 e. The second-order valence-corrected chi connectivity index (χ2v) is 8.38. The number of hydrogen-bond donors (Lipinski definition) is 0. The van der Waals surface area contributed by atoms with Crippen LogP contribution in [0.4, 0.5) is 0 Å². The minimum Gasteiger partial charge on any atom is -0.492 e. The lowest BCUT2D eigenvalue weighted by atomic mass is 10.2. The van der Waals surface area contributed by atoms with Gasteiger partial charge in [-0.05, 0) is 68.2 Å². The molecule has 3 aromatic rings. The summed E-state index contributed by atoms with van der Waals surface area (Å²) >= 11 is 7.45. The van der Waals surface area contributed by atoms with Crippen LogP contribution < -0.4 is 4.74 Å².